The Morgan fingerprint density at radius 3 is 1.79 bits per heavy atom. The Balaban J connectivity index is 3.29. The van der Waals surface area contributed by atoms with Gasteiger partial charge < -0.3 is 0 Å². The van der Waals surface area contributed by atoms with Gasteiger partial charge in [0.15, 0.2) is 0 Å². The minimum atomic E-state index is -0.908. The van der Waals surface area contributed by atoms with E-state index in [0.717, 1.165) is 4.91 Å². The summed E-state index contributed by atoms with van der Waals surface area (Å²) in [5, 5.41) is 1.81. The Morgan fingerprint density at radius 2 is 1.50 bits per heavy atom. The first-order chi connectivity index (χ1) is 6.14. The standard InChI is InChI=1S/C12H20OS/c1-11(2,3)9-7-8-14(13)10(9)12(4,5)6/h7-8H,1-6H3. The van der Waals surface area contributed by atoms with Gasteiger partial charge >= 0.3 is 0 Å². The highest BCUT2D eigenvalue weighted by atomic mass is 32.2. The molecular formula is C12H20OS. The largest absolute Gasteiger partial charge is 0.250 e. The zero-order valence-corrected chi connectivity index (χ0v) is 10.8. The molecule has 1 aliphatic rings. The van der Waals surface area contributed by atoms with Crippen LogP contribution in [0, 0.1) is 10.8 Å². The molecule has 1 nitrogen and oxygen atoms in total. The van der Waals surface area contributed by atoms with Gasteiger partial charge in [0.2, 0.25) is 0 Å². The number of hydrogen-bond acceptors (Lipinski definition) is 1. The van der Waals surface area contributed by atoms with Crippen molar-refractivity contribution in [3.05, 3.63) is 22.0 Å². The van der Waals surface area contributed by atoms with E-state index in [4.69, 9.17) is 0 Å². The molecular weight excluding hydrogens is 192 g/mol. The Morgan fingerprint density at radius 1 is 1.00 bits per heavy atom. The van der Waals surface area contributed by atoms with Crippen LogP contribution >= 0.6 is 0 Å². The molecule has 0 aromatic rings. The highest BCUT2D eigenvalue weighted by Gasteiger charge is 2.32. The van der Waals surface area contributed by atoms with Gasteiger partial charge in [-0.1, -0.05) is 41.5 Å². The molecule has 0 amide bonds. The Hall–Kier alpha value is -0.370. The second-order valence-corrected chi connectivity index (χ2v) is 7.12. The molecule has 0 aromatic carbocycles. The van der Waals surface area contributed by atoms with E-state index in [1.54, 1.807) is 5.41 Å². The molecule has 0 bridgehead atoms. The first-order valence-corrected chi connectivity index (χ1v) is 6.19. The van der Waals surface area contributed by atoms with E-state index in [1.807, 2.05) is 6.08 Å². The zero-order chi connectivity index (χ0) is 11.1. The molecule has 0 N–H and O–H groups in total. The quantitative estimate of drug-likeness (QED) is 0.599. The third kappa shape index (κ3) is 2.17. The first kappa shape index (κ1) is 11.7. The summed E-state index contributed by atoms with van der Waals surface area (Å²) in [5.41, 5.74) is 1.32. The predicted molar refractivity (Wildman–Crippen MR) is 63.2 cm³/mol. The lowest BCUT2D eigenvalue weighted by Gasteiger charge is -2.27. The van der Waals surface area contributed by atoms with Crippen molar-refractivity contribution < 1.29 is 4.21 Å². The van der Waals surface area contributed by atoms with E-state index in [2.05, 4.69) is 41.5 Å². The summed E-state index contributed by atoms with van der Waals surface area (Å²) < 4.78 is 11.8. The van der Waals surface area contributed by atoms with Crippen LogP contribution < -0.4 is 0 Å². The van der Waals surface area contributed by atoms with Crippen molar-refractivity contribution in [2.24, 2.45) is 10.8 Å². The molecule has 2 heteroatoms. The number of hydrogen-bond donors (Lipinski definition) is 0. The zero-order valence-electron chi connectivity index (χ0n) is 9.97. The van der Waals surface area contributed by atoms with E-state index >= 15 is 0 Å². The highest BCUT2D eigenvalue weighted by molar-refractivity contribution is 7.92. The van der Waals surface area contributed by atoms with Crippen LogP contribution in [0.1, 0.15) is 41.5 Å². The van der Waals surface area contributed by atoms with Gasteiger partial charge in [0.1, 0.15) is 0 Å². The SMILES string of the molecule is CC(C)(C)C1=C(C(C)(C)C)S(=O)C=C1. The molecule has 1 heterocycles. The summed E-state index contributed by atoms with van der Waals surface area (Å²) >= 11 is 0. The van der Waals surface area contributed by atoms with E-state index in [-0.39, 0.29) is 10.8 Å². The van der Waals surface area contributed by atoms with Crippen molar-refractivity contribution in [2.45, 2.75) is 41.5 Å². The lowest BCUT2D eigenvalue weighted by molar-refractivity contribution is 0.474. The highest BCUT2D eigenvalue weighted by Crippen LogP contribution is 2.42. The summed E-state index contributed by atoms with van der Waals surface area (Å²) in [6.07, 6.45) is 2.02. The molecule has 1 rings (SSSR count). The molecule has 0 saturated carbocycles. The minimum Gasteiger partial charge on any atom is -0.250 e. The Labute approximate surface area is 89.7 Å². The van der Waals surface area contributed by atoms with Crippen LogP contribution in [0.2, 0.25) is 0 Å². The van der Waals surface area contributed by atoms with Crippen LogP contribution in [0.4, 0.5) is 0 Å². The molecule has 0 fully saturated rings. The third-order valence-electron chi connectivity index (χ3n) is 2.29. The van der Waals surface area contributed by atoms with Gasteiger partial charge in [0.25, 0.3) is 0 Å². The molecule has 80 valence electrons. The van der Waals surface area contributed by atoms with Crippen molar-refractivity contribution in [3.63, 3.8) is 0 Å². The topological polar surface area (TPSA) is 17.1 Å². The molecule has 1 atom stereocenters. The predicted octanol–water partition coefficient (Wildman–Crippen LogP) is 3.61. The smallest absolute Gasteiger partial charge is 0.0743 e. The van der Waals surface area contributed by atoms with Crippen molar-refractivity contribution in [1.82, 2.24) is 0 Å². The maximum absolute atomic E-state index is 11.8. The van der Waals surface area contributed by atoms with Crippen LogP contribution in [0.5, 0.6) is 0 Å². The normalized spacial score (nSPS) is 23.4. The van der Waals surface area contributed by atoms with Gasteiger partial charge in [-0.25, -0.2) is 4.21 Å². The van der Waals surface area contributed by atoms with Crippen LogP contribution in [-0.4, -0.2) is 4.21 Å². The van der Waals surface area contributed by atoms with Crippen LogP contribution in [-0.2, 0) is 10.8 Å². The maximum atomic E-state index is 11.8. The van der Waals surface area contributed by atoms with Gasteiger partial charge in [-0.05, 0) is 22.5 Å². The van der Waals surface area contributed by atoms with E-state index in [0.29, 0.717) is 0 Å². The molecule has 14 heavy (non-hydrogen) atoms. The summed E-state index contributed by atoms with van der Waals surface area (Å²) in [6, 6.07) is 0. The lowest BCUT2D eigenvalue weighted by atomic mass is 9.81. The fourth-order valence-corrected chi connectivity index (χ4v) is 3.27. The second kappa shape index (κ2) is 3.34. The molecule has 1 unspecified atom stereocenters. The summed E-state index contributed by atoms with van der Waals surface area (Å²) in [6.45, 7) is 12.9. The van der Waals surface area contributed by atoms with E-state index in [9.17, 15) is 4.21 Å². The summed E-state index contributed by atoms with van der Waals surface area (Å²) in [5.74, 6) is 0. The van der Waals surface area contributed by atoms with Crippen molar-refractivity contribution in [3.8, 4) is 0 Å². The van der Waals surface area contributed by atoms with Gasteiger partial charge in [-0.15, -0.1) is 0 Å². The summed E-state index contributed by atoms with van der Waals surface area (Å²) in [7, 11) is -0.908. The van der Waals surface area contributed by atoms with Crippen molar-refractivity contribution >= 4 is 10.8 Å². The van der Waals surface area contributed by atoms with Gasteiger partial charge in [0.05, 0.1) is 10.8 Å². The van der Waals surface area contributed by atoms with Crippen molar-refractivity contribution in [2.75, 3.05) is 0 Å². The summed E-state index contributed by atoms with van der Waals surface area (Å²) in [4.78, 5) is 1.09. The van der Waals surface area contributed by atoms with Crippen molar-refractivity contribution in [1.29, 1.82) is 0 Å². The van der Waals surface area contributed by atoms with Gasteiger partial charge in [-0.2, -0.15) is 0 Å². The van der Waals surface area contributed by atoms with Gasteiger partial charge in [0, 0.05) is 10.3 Å². The lowest BCUT2D eigenvalue weighted by Crippen LogP contribution is -2.18. The van der Waals surface area contributed by atoms with E-state index < -0.39 is 10.8 Å². The maximum Gasteiger partial charge on any atom is 0.0743 e. The van der Waals surface area contributed by atoms with E-state index in [1.165, 1.54) is 5.57 Å². The number of allylic oxidation sites excluding steroid dienone is 3. The molecule has 0 spiro atoms. The molecule has 0 saturated heterocycles. The molecule has 0 radical (unpaired) electrons. The fourth-order valence-electron chi connectivity index (χ4n) is 1.68. The molecule has 0 aliphatic carbocycles. The average molecular weight is 212 g/mol. The van der Waals surface area contributed by atoms with Crippen LogP contribution in [0.3, 0.4) is 0 Å². The van der Waals surface area contributed by atoms with Gasteiger partial charge in [-0.3, -0.25) is 0 Å². The Bertz CT molecular complexity index is 305. The average Bonchev–Trinajstić information content (AvgIpc) is 2.27. The minimum absolute atomic E-state index is 0.00300. The molecule has 0 aromatic heterocycles. The Kier molecular flexibility index (Phi) is 2.79. The first-order valence-electron chi connectivity index (χ1n) is 4.98. The molecule has 1 aliphatic heterocycles. The fraction of sp³-hybridized carbons (Fsp3) is 0.667. The second-order valence-electron chi connectivity index (χ2n) is 5.84. The number of rotatable bonds is 0. The van der Waals surface area contributed by atoms with Crippen LogP contribution in [0.15, 0.2) is 22.0 Å². The monoisotopic (exact) mass is 212 g/mol. The third-order valence-corrected chi connectivity index (χ3v) is 3.91. The van der Waals surface area contributed by atoms with Crippen LogP contribution in [0.25, 0.3) is 0 Å².